The molecular weight excluding hydrogens is 689 g/mol. The van der Waals surface area contributed by atoms with E-state index in [9.17, 15) is 0 Å². The van der Waals surface area contributed by atoms with Gasteiger partial charge in [-0.2, -0.15) is 0 Å². The Morgan fingerprint density at radius 3 is 2.02 bits per heavy atom. The molecule has 2 nitrogen and oxygen atoms in total. The molecule has 0 amide bonds. The molecule has 11 rings (SSSR count). The summed E-state index contributed by atoms with van der Waals surface area (Å²) in [5.41, 5.74) is 18.1. The third-order valence-corrected chi connectivity index (χ3v) is 12.3. The van der Waals surface area contributed by atoms with Crippen LogP contribution in [0.3, 0.4) is 0 Å². The summed E-state index contributed by atoms with van der Waals surface area (Å²) in [5.74, 6) is 0.685. The maximum atomic E-state index is 5.40. The van der Waals surface area contributed by atoms with Gasteiger partial charge in [0, 0.05) is 16.8 Å². The molecule has 0 aliphatic heterocycles. The topological polar surface area (TPSA) is 24.7 Å². The van der Waals surface area contributed by atoms with Gasteiger partial charge in [-0.05, 0) is 139 Å². The lowest BCUT2D eigenvalue weighted by Gasteiger charge is -2.14. The van der Waals surface area contributed by atoms with Crippen LogP contribution in [-0.4, -0.2) is 11.5 Å². The molecule has 0 saturated heterocycles. The lowest BCUT2D eigenvalue weighted by Crippen LogP contribution is -2.06. The zero-order valence-electron chi connectivity index (χ0n) is 32.0. The maximum absolute atomic E-state index is 5.40. The molecular formula is C55H40N2. The minimum atomic E-state index is 0.685. The molecule has 0 bridgehead atoms. The van der Waals surface area contributed by atoms with Gasteiger partial charge in [-0.3, -0.25) is 0 Å². The van der Waals surface area contributed by atoms with Crippen LogP contribution in [0.15, 0.2) is 186 Å². The molecule has 8 aromatic carbocycles. The summed E-state index contributed by atoms with van der Waals surface area (Å²) in [6, 6.07) is 55.3. The number of benzene rings is 8. The Kier molecular flexibility index (Phi) is 7.86. The normalized spacial score (nSPS) is 14.6. The minimum absolute atomic E-state index is 0.685. The standard InChI is InChI=1S/C55H40N2/c1-34(36-13-4-3-5-14-36)56-55(42-26-27-46-43(31-42)30-39-15-6-7-17-45(39)46)57-35(2)44-22-12-16-41-29-40-24-23-37(32-52(40)54(41)44)38-25-28-51-49-20-9-8-18-47(49)48-19-10-11-21-50(48)53(51)33-38/h3-5,7-14,16-28,31-33H,1,6,15,29-30H2,2H3/b56-55-,57-35+. The summed E-state index contributed by atoms with van der Waals surface area (Å²) < 4.78 is 0. The van der Waals surface area contributed by atoms with Gasteiger partial charge in [-0.25, -0.2) is 9.98 Å². The van der Waals surface area contributed by atoms with Gasteiger partial charge in [0.25, 0.3) is 0 Å². The number of allylic oxidation sites excluding steroid dienone is 4. The summed E-state index contributed by atoms with van der Waals surface area (Å²) in [6.45, 7) is 6.54. The van der Waals surface area contributed by atoms with E-state index < -0.39 is 0 Å². The first-order chi connectivity index (χ1) is 28.1. The molecule has 3 aliphatic rings. The summed E-state index contributed by atoms with van der Waals surface area (Å²) in [7, 11) is 0. The van der Waals surface area contributed by atoms with Crippen molar-refractivity contribution in [1.29, 1.82) is 0 Å². The van der Waals surface area contributed by atoms with Gasteiger partial charge in [0.05, 0.1) is 5.70 Å². The molecule has 0 heterocycles. The van der Waals surface area contributed by atoms with Crippen LogP contribution < -0.4 is 0 Å². The molecule has 0 saturated carbocycles. The van der Waals surface area contributed by atoms with E-state index in [-0.39, 0.29) is 0 Å². The van der Waals surface area contributed by atoms with Crippen LogP contribution in [0.5, 0.6) is 0 Å². The average Bonchev–Trinajstić information content (AvgIpc) is 3.84. The number of hydrogen-bond acceptors (Lipinski definition) is 1. The smallest absolute Gasteiger partial charge is 0.160 e. The molecule has 2 heteroatoms. The zero-order valence-corrected chi connectivity index (χ0v) is 32.0. The average molecular weight is 729 g/mol. The van der Waals surface area contributed by atoms with E-state index in [0.29, 0.717) is 11.5 Å². The van der Waals surface area contributed by atoms with Gasteiger partial charge in [0.2, 0.25) is 0 Å². The second-order valence-corrected chi connectivity index (χ2v) is 15.7. The number of aliphatic imine (C=N–C) groups is 2. The number of nitrogens with zero attached hydrogens (tertiary/aromatic N) is 2. The molecule has 270 valence electrons. The highest BCUT2D eigenvalue weighted by molar-refractivity contribution is 6.25. The molecule has 8 aromatic rings. The van der Waals surface area contributed by atoms with Crippen LogP contribution >= 0.6 is 0 Å². The van der Waals surface area contributed by atoms with Crippen LogP contribution in [0.2, 0.25) is 0 Å². The molecule has 3 aliphatic carbocycles. The number of fused-ring (bicyclic) bond motifs is 11. The van der Waals surface area contributed by atoms with Crippen LogP contribution in [-0.2, 0) is 12.8 Å². The number of rotatable bonds is 5. The lowest BCUT2D eigenvalue weighted by atomic mass is 9.91. The molecule has 57 heavy (non-hydrogen) atoms. The van der Waals surface area contributed by atoms with Crippen molar-refractivity contribution in [1.82, 2.24) is 0 Å². The van der Waals surface area contributed by atoms with E-state index in [1.165, 1.54) is 82.4 Å². The Morgan fingerprint density at radius 2 is 1.23 bits per heavy atom. The fraction of sp³-hybridized carbons (Fsp3) is 0.0909. The van der Waals surface area contributed by atoms with E-state index in [1.54, 1.807) is 5.57 Å². The molecule has 0 spiro atoms. The van der Waals surface area contributed by atoms with Crippen LogP contribution in [0.25, 0.3) is 65.8 Å². The van der Waals surface area contributed by atoms with Gasteiger partial charge < -0.3 is 0 Å². The lowest BCUT2D eigenvalue weighted by molar-refractivity contribution is 0.935. The Hall–Kier alpha value is -6.90. The van der Waals surface area contributed by atoms with E-state index in [1.807, 2.05) is 18.2 Å². The Labute approximate surface area is 333 Å². The van der Waals surface area contributed by atoms with Crippen molar-refractivity contribution in [2.24, 2.45) is 9.98 Å². The van der Waals surface area contributed by atoms with Gasteiger partial charge in [0.15, 0.2) is 5.84 Å². The summed E-state index contributed by atoms with van der Waals surface area (Å²) in [4.78, 5) is 10.6. The first kappa shape index (κ1) is 33.4. The summed E-state index contributed by atoms with van der Waals surface area (Å²) >= 11 is 0. The molecule has 0 unspecified atom stereocenters. The maximum Gasteiger partial charge on any atom is 0.160 e. The Morgan fingerprint density at radius 1 is 0.526 bits per heavy atom. The molecule has 0 radical (unpaired) electrons. The molecule has 0 fully saturated rings. The second kappa shape index (κ2) is 13.4. The van der Waals surface area contributed by atoms with Crippen molar-refractivity contribution >= 4 is 55.1 Å². The SMILES string of the molecule is C=C(/N=C(\N=C(/C)c1cccc2c1-c1cc(-c3ccc4c5ccccc5c5ccccc5c4c3)ccc1C2)c1ccc2c(c1)CC1=C2C=CCC1)c1ccccc1. The predicted molar refractivity (Wildman–Crippen MR) is 242 cm³/mol. The van der Waals surface area contributed by atoms with Gasteiger partial charge >= 0.3 is 0 Å². The van der Waals surface area contributed by atoms with Crippen LogP contribution in [0, 0.1) is 0 Å². The Balaban J connectivity index is 1.01. The van der Waals surface area contributed by atoms with E-state index in [4.69, 9.17) is 9.98 Å². The zero-order chi connectivity index (χ0) is 38.0. The predicted octanol–water partition coefficient (Wildman–Crippen LogP) is 14.0. The van der Waals surface area contributed by atoms with E-state index in [0.717, 1.165) is 48.1 Å². The summed E-state index contributed by atoms with van der Waals surface area (Å²) in [5, 5.41) is 7.75. The second-order valence-electron chi connectivity index (χ2n) is 15.7. The van der Waals surface area contributed by atoms with E-state index >= 15 is 0 Å². The highest BCUT2D eigenvalue weighted by Gasteiger charge is 2.25. The van der Waals surface area contributed by atoms with Crippen molar-refractivity contribution in [2.75, 3.05) is 0 Å². The fourth-order valence-electron chi connectivity index (χ4n) is 9.55. The highest BCUT2D eigenvalue weighted by atomic mass is 14.9. The highest BCUT2D eigenvalue weighted by Crippen LogP contribution is 2.43. The first-order valence-electron chi connectivity index (χ1n) is 20.1. The minimum Gasteiger partial charge on any atom is -0.233 e. The largest absolute Gasteiger partial charge is 0.233 e. The summed E-state index contributed by atoms with van der Waals surface area (Å²) in [6.07, 6.45) is 8.77. The monoisotopic (exact) mass is 728 g/mol. The van der Waals surface area contributed by atoms with Crippen molar-refractivity contribution < 1.29 is 0 Å². The van der Waals surface area contributed by atoms with Gasteiger partial charge in [-0.15, -0.1) is 0 Å². The molecule has 0 atom stereocenters. The van der Waals surface area contributed by atoms with Crippen molar-refractivity contribution in [3.63, 3.8) is 0 Å². The Bertz CT molecular complexity index is 3100. The van der Waals surface area contributed by atoms with Crippen molar-refractivity contribution in [3.8, 4) is 22.3 Å². The third kappa shape index (κ3) is 5.63. The van der Waals surface area contributed by atoms with Crippen molar-refractivity contribution in [3.05, 3.63) is 215 Å². The van der Waals surface area contributed by atoms with Crippen molar-refractivity contribution in [2.45, 2.75) is 32.6 Å². The quantitative estimate of drug-likeness (QED) is 0.0958. The third-order valence-electron chi connectivity index (χ3n) is 12.3. The fourth-order valence-corrected chi connectivity index (χ4v) is 9.55. The van der Waals surface area contributed by atoms with Crippen LogP contribution in [0.1, 0.15) is 58.7 Å². The molecule has 0 aromatic heterocycles. The van der Waals surface area contributed by atoms with Gasteiger partial charge in [-0.1, -0.05) is 158 Å². The molecule has 0 N–H and O–H groups in total. The van der Waals surface area contributed by atoms with Crippen LogP contribution in [0.4, 0.5) is 0 Å². The number of amidine groups is 1. The first-order valence-corrected chi connectivity index (χ1v) is 20.1. The van der Waals surface area contributed by atoms with Gasteiger partial charge in [0.1, 0.15) is 0 Å². The number of hydrogen-bond donors (Lipinski definition) is 0. The van der Waals surface area contributed by atoms with E-state index in [2.05, 4.69) is 159 Å².